The minimum Gasteiger partial charge on any atom is -0.310 e. The Morgan fingerprint density at radius 2 is 0.839 bits per heavy atom. The molecular weight excluding hydrogens is 749 g/mol. The molecule has 0 bridgehead atoms. The van der Waals surface area contributed by atoms with E-state index in [2.05, 4.69) is 243 Å². The van der Waals surface area contributed by atoms with Crippen LogP contribution in [0.2, 0.25) is 0 Å². The van der Waals surface area contributed by atoms with Gasteiger partial charge in [0.1, 0.15) is 0 Å². The van der Waals surface area contributed by atoms with Crippen LogP contribution < -0.4 is 4.90 Å². The second-order valence-electron chi connectivity index (χ2n) is 18.2. The Kier molecular flexibility index (Phi) is 7.96. The van der Waals surface area contributed by atoms with Gasteiger partial charge in [0.15, 0.2) is 0 Å². The second kappa shape index (κ2) is 13.5. The molecule has 296 valence electrons. The molecule has 0 unspecified atom stereocenters. The van der Waals surface area contributed by atoms with Crippen molar-refractivity contribution < 1.29 is 0 Å². The topological polar surface area (TPSA) is 8.17 Å². The molecule has 2 aliphatic carbocycles. The average molecular weight is 795 g/mol. The van der Waals surface area contributed by atoms with Gasteiger partial charge in [-0.3, -0.25) is 0 Å². The molecule has 12 rings (SSSR count). The Morgan fingerprint density at radius 3 is 1.53 bits per heavy atom. The Bertz CT molecular complexity index is 3390. The van der Waals surface area contributed by atoms with Crippen LogP contribution in [0.1, 0.15) is 49.9 Å². The van der Waals surface area contributed by atoms with Gasteiger partial charge < -0.3 is 9.47 Å². The van der Waals surface area contributed by atoms with Gasteiger partial charge in [-0.05, 0) is 134 Å². The molecule has 0 saturated heterocycles. The molecule has 0 aliphatic heterocycles. The van der Waals surface area contributed by atoms with Crippen molar-refractivity contribution in [2.24, 2.45) is 0 Å². The van der Waals surface area contributed by atoms with Crippen molar-refractivity contribution in [3.63, 3.8) is 0 Å². The Labute approximate surface area is 364 Å². The highest BCUT2D eigenvalue weighted by molar-refractivity contribution is 6.12. The smallest absolute Gasteiger partial charge is 0.0543 e. The minimum atomic E-state index is -0.0815. The van der Waals surface area contributed by atoms with Crippen LogP contribution in [0.5, 0.6) is 0 Å². The molecule has 2 heteroatoms. The predicted molar refractivity (Wildman–Crippen MR) is 261 cm³/mol. The molecule has 2 nitrogen and oxygen atoms in total. The zero-order valence-electron chi connectivity index (χ0n) is 35.5. The van der Waals surface area contributed by atoms with E-state index < -0.39 is 0 Å². The largest absolute Gasteiger partial charge is 0.310 e. The summed E-state index contributed by atoms with van der Waals surface area (Å²) in [7, 11) is 0. The first-order valence-corrected chi connectivity index (χ1v) is 21.8. The van der Waals surface area contributed by atoms with Crippen LogP contribution >= 0.6 is 0 Å². The lowest BCUT2D eigenvalue weighted by Gasteiger charge is -2.29. The summed E-state index contributed by atoms with van der Waals surface area (Å²) in [6.45, 7) is 9.42. The van der Waals surface area contributed by atoms with Crippen LogP contribution in [0.3, 0.4) is 0 Å². The zero-order valence-corrected chi connectivity index (χ0v) is 35.5. The molecule has 1 aromatic heterocycles. The maximum Gasteiger partial charge on any atom is 0.0543 e. The molecule has 0 amide bonds. The van der Waals surface area contributed by atoms with Gasteiger partial charge in [-0.1, -0.05) is 161 Å². The van der Waals surface area contributed by atoms with Gasteiger partial charge in [-0.25, -0.2) is 0 Å². The summed E-state index contributed by atoms with van der Waals surface area (Å²) in [5, 5.41) is 2.49. The molecule has 2 aliphatic rings. The first-order valence-electron chi connectivity index (χ1n) is 21.8. The van der Waals surface area contributed by atoms with Crippen molar-refractivity contribution in [2.45, 2.75) is 38.5 Å². The summed E-state index contributed by atoms with van der Waals surface area (Å²) in [5.41, 5.74) is 22.6. The van der Waals surface area contributed by atoms with Crippen LogP contribution in [0.4, 0.5) is 17.1 Å². The van der Waals surface area contributed by atoms with Crippen molar-refractivity contribution in [3.8, 4) is 50.2 Å². The molecular formula is C60H46N2. The molecule has 0 radical (unpaired) electrons. The highest BCUT2D eigenvalue weighted by Gasteiger charge is 2.38. The molecule has 0 N–H and O–H groups in total. The van der Waals surface area contributed by atoms with E-state index in [0.717, 1.165) is 17.1 Å². The Morgan fingerprint density at radius 1 is 0.355 bits per heavy atom. The van der Waals surface area contributed by atoms with Gasteiger partial charge >= 0.3 is 0 Å². The number of fused-ring (bicyclic) bond motifs is 9. The molecule has 0 fully saturated rings. The molecule has 62 heavy (non-hydrogen) atoms. The van der Waals surface area contributed by atoms with Crippen LogP contribution in [0.15, 0.2) is 206 Å². The number of aromatic nitrogens is 1. The minimum absolute atomic E-state index is 0.0541. The van der Waals surface area contributed by atoms with Crippen molar-refractivity contribution >= 4 is 38.9 Å². The zero-order chi connectivity index (χ0) is 41.7. The number of rotatable bonds is 6. The van der Waals surface area contributed by atoms with Gasteiger partial charge in [0.25, 0.3) is 0 Å². The number of benzene rings is 9. The summed E-state index contributed by atoms with van der Waals surface area (Å²) in [5.74, 6) is 0. The average Bonchev–Trinajstić information content (AvgIpc) is 3.86. The number of hydrogen-bond donors (Lipinski definition) is 0. The van der Waals surface area contributed by atoms with Crippen LogP contribution in [0.25, 0.3) is 72.0 Å². The van der Waals surface area contributed by atoms with Crippen LogP contribution in [0, 0.1) is 0 Å². The van der Waals surface area contributed by atoms with E-state index in [4.69, 9.17) is 0 Å². The molecule has 10 aromatic rings. The van der Waals surface area contributed by atoms with E-state index in [9.17, 15) is 0 Å². The van der Waals surface area contributed by atoms with E-state index in [-0.39, 0.29) is 10.8 Å². The lowest BCUT2D eigenvalue weighted by molar-refractivity contribution is 0.660. The third-order valence-electron chi connectivity index (χ3n) is 14.0. The Balaban J connectivity index is 0.978. The maximum absolute atomic E-state index is 2.43. The third-order valence-corrected chi connectivity index (χ3v) is 14.0. The molecule has 0 spiro atoms. The van der Waals surface area contributed by atoms with Crippen molar-refractivity contribution in [3.05, 3.63) is 229 Å². The summed E-state index contributed by atoms with van der Waals surface area (Å²) < 4.78 is 2.42. The van der Waals surface area contributed by atoms with E-state index in [0.29, 0.717) is 0 Å². The summed E-state index contributed by atoms with van der Waals surface area (Å²) in [6, 6.07) is 76.4. The normalized spacial score (nSPS) is 14.1. The van der Waals surface area contributed by atoms with Gasteiger partial charge in [0.2, 0.25) is 0 Å². The lowest BCUT2D eigenvalue weighted by Crippen LogP contribution is -2.16. The highest BCUT2D eigenvalue weighted by atomic mass is 15.1. The quantitative estimate of drug-likeness (QED) is 0.163. The monoisotopic (exact) mass is 794 g/mol. The van der Waals surface area contributed by atoms with Gasteiger partial charge in [-0.2, -0.15) is 0 Å². The highest BCUT2D eigenvalue weighted by Crippen LogP contribution is 2.54. The van der Waals surface area contributed by atoms with Crippen molar-refractivity contribution in [2.75, 3.05) is 4.90 Å². The van der Waals surface area contributed by atoms with Crippen molar-refractivity contribution in [1.29, 1.82) is 0 Å². The summed E-state index contributed by atoms with van der Waals surface area (Å²) in [6.07, 6.45) is 0. The van der Waals surface area contributed by atoms with E-state index >= 15 is 0 Å². The number of para-hydroxylation sites is 2. The third kappa shape index (κ3) is 5.36. The fraction of sp³-hybridized carbons (Fsp3) is 0.100. The number of hydrogen-bond acceptors (Lipinski definition) is 1. The standard InChI is InChI=1S/C60H46N2/c1-59(2)52-23-14-12-21-48(52)58-53(59)24-15-25-57(58)61(43-16-7-5-8-17-43)45-31-26-39(27-32-45)40-29-34-55-49(36-40)50-37-41(30-35-56(50)62(55)44-18-9-6-10-19-44)42-28-33-47-46-20-11-13-22-51(46)60(3,4)54(47)38-42/h5-38H,1-4H3. The lowest BCUT2D eigenvalue weighted by atomic mass is 9.81. The van der Waals surface area contributed by atoms with E-state index in [1.54, 1.807) is 0 Å². The van der Waals surface area contributed by atoms with Crippen molar-refractivity contribution in [1.82, 2.24) is 4.57 Å². The number of anilines is 3. The van der Waals surface area contributed by atoms with E-state index in [1.165, 1.54) is 94.3 Å². The SMILES string of the molecule is CC1(C)c2ccccc2-c2ccc(-c3ccc4c(c3)c3cc(-c5ccc(N(c6ccccc6)c6cccc7c6-c6ccccc6C7(C)C)cc5)ccc3n4-c3ccccc3)cc21. The van der Waals surface area contributed by atoms with E-state index in [1.807, 2.05) is 0 Å². The van der Waals surface area contributed by atoms with Gasteiger partial charge in [0, 0.05) is 44.2 Å². The summed E-state index contributed by atoms with van der Waals surface area (Å²) in [4.78, 5) is 2.43. The summed E-state index contributed by atoms with van der Waals surface area (Å²) >= 11 is 0. The molecule has 0 atom stereocenters. The first kappa shape index (κ1) is 36.4. The number of nitrogens with zero attached hydrogens (tertiary/aromatic N) is 2. The van der Waals surface area contributed by atoms with Crippen LogP contribution in [-0.4, -0.2) is 4.57 Å². The molecule has 0 saturated carbocycles. The van der Waals surface area contributed by atoms with Gasteiger partial charge in [0.05, 0.1) is 16.7 Å². The van der Waals surface area contributed by atoms with Gasteiger partial charge in [-0.15, -0.1) is 0 Å². The molecule has 9 aromatic carbocycles. The molecule has 1 heterocycles. The maximum atomic E-state index is 2.43. The predicted octanol–water partition coefficient (Wildman–Crippen LogP) is 16.2. The van der Waals surface area contributed by atoms with Crippen LogP contribution in [-0.2, 0) is 10.8 Å². The second-order valence-corrected chi connectivity index (χ2v) is 18.2. The first-order chi connectivity index (χ1) is 30.3. The fourth-order valence-corrected chi connectivity index (χ4v) is 10.9. The fourth-order valence-electron chi connectivity index (χ4n) is 10.9. The Hall–Kier alpha value is -7.42.